The third-order valence-electron chi connectivity index (χ3n) is 2.28. The smallest absolute Gasteiger partial charge is 0.366 e. The predicted octanol–water partition coefficient (Wildman–Crippen LogP) is 3.98. The quantitative estimate of drug-likeness (QED) is 0.682. The van der Waals surface area contributed by atoms with E-state index in [0.717, 1.165) is 0 Å². The highest BCUT2D eigenvalue weighted by molar-refractivity contribution is 6.41. The number of alkyl halides is 8. The van der Waals surface area contributed by atoms with Crippen LogP contribution in [0, 0.1) is 0 Å². The van der Waals surface area contributed by atoms with Gasteiger partial charge in [0.2, 0.25) is 0 Å². The van der Waals surface area contributed by atoms with Gasteiger partial charge in [0.05, 0.1) is 33.0 Å². The molecule has 0 aromatic heterocycles. The fourth-order valence-corrected chi connectivity index (χ4v) is 3.42. The molecular formula is C8H8Cl5F3O. The molecular weight excluding hydrogens is 346 g/mol. The van der Waals surface area contributed by atoms with E-state index in [2.05, 4.69) is 4.74 Å². The van der Waals surface area contributed by atoms with Crippen molar-refractivity contribution in [3.63, 3.8) is 0 Å². The van der Waals surface area contributed by atoms with E-state index in [1.807, 2.05) is 0 Å². The summed E-state index contributed by atoms with van der Waals surface area (Å²) in [4.78, 5) is 0. The summed E-state index contributed by atoms with van der Waals surface area (Å²) in [6, 6.07) is 0. The van der Waals surface area contributed by atoms with Crippen molar-refractivity contribution in [1.82, 2.24) is 0 Å². The Kier molecular flexibility index (Phi) is 5.83. The van der Waals surface area contributed by atoms with Gasteiger partial charge in [-0.2, -0.15) is 13.2 Å². The lowest BCUT2D eigenvalue weighted by molar-refractivity contribution is -0.186. The fourth-order valence-electron chi connectivity index (χ4n) is 1.44. The van der Waals surface area contributed by atoms with Crippen LogP contribution in [-0.2, 0) is 4.74 Å². The van der Waals surface area contributed by atoms with E-state index >= 15 is 0 Å². The number of ether oxygens (including phenoxy) is 1. The second-order valence-electron chi connectivity index (χ2n) is 3.61. The first-order valence-electron chi connectivity index (χ1n) is 4.54. The van der Waals surface area contributed by atoms with E-state index in [4.69, 9.17) is 58.0 Å². The first kappa shape index (κ1) is 16.3. The molecule has 0 aliphatic heterocycles. The van der Waals surface area contributed by atoms with Crippen molar-refractivity contribution in [2.75, 3.05) is 6.61 Å². The lowest BCUT2D eigenvalue weighted by Crippen LogP contribution is -2.55. The van der Waals surface area contributed by atoms with Gasteiger partial charge in [-0.25, -0.2) is 0 Å². The number of hydrogen-bond donors (Lipinski definition) is 0. The SMILES string of the molecule is FC(F)(F)COC1[C@@H](Cl)[C@H](Cl)C(Cl)[C@@H](Cl)[C@@H]1Cl. The Labute approximate surface area is 121 Å². The minimum atomic E-state index is -4.46. The molecule has 0 aromatic carbocycles. The van der Waals surface area contributed by atoms with Crippen molar-refractivity contribution in [2.45, 2.75) is 39.2 Å². The van der Waals surface area contributed by atoms with Gasteiger partial charge in [-0.05, 0) is 0 Å². The molecule has 0 heterocycles. The number of rotatable bonds is 2. The molecule has 0 radical (unpaired) electrons. The van der Waals surface area contributed by atoms with E-state index in [1.165, 1.54) is 0 Å². The summed E-state index contributed by atoms with van der Waals surface area (Å²) in [5.74, 6) is 0. The topological polar surface area (TPSA) is 9.23 Å². The second-order valence-corrected chi connectivity index (χ2v) is 6.13. The fraction of sp³-hybridized carbons (Fsp3) is 1.00. The van der Waals surface area contributed by atoms with Gasteiger partial charge in [-0.3, -0.25) is 0 Å². The predicted molar refractivity (Wildman–Crippen MR) is 64.0 cm³/mol. The Bertz CT molecular complexity index is 248. The molecule has 102 valence electrons. The van der Waals surface area contributed by atoms with Crippen LogP contribution < -0.4 is 0 Å². The Morgan fingerprint density at radius 3 is 1.47 bits per heavy atom. The molecule has 1 aliphatic carbocycles. The van der Waals surface area contributed by atoms with Crippen LogP contribution in [-0.4, -0.2) is 45.8 Å². The summed E-state index contributed by atoms with van der Waals surface area (Å²) in [6.07, 6.45) is -5.56. The molecule has 1 nitrogen and oxygen atoms in total. The Balaban J connectivity index is 2.69. The number of halogens is 8. The van der Waals surface area contributed by atoms with Gasteiger partial charge in [0.1, 0.15) is 6.61 Å². The zero-order valence-corrected chi connectivity index (χ0v) is 11.9. The molecule has 0 N–H and O–H groups in total. The van der Waals surface area contributed by atoms with E-state index in [1.54, 1.807) is 0 Å². The van der Waals surface area contributed by atoms with Crippen molar-refractivity contribution in [3.8, 4) is 0 Å². The third-order valence-corrected chi connectivity index (χ3v) is 5.47. The summed E-state index contributed by atoms with van der Waals surface area (Å²) < 4.78 is 40.7. The van der Waals surface area contributed by atoms with Crippen LogP contribution in [0.5, 0.6) is 0 Å². The average Bonchev–Trinajstić information content (AvgIpc) is 2.22. The molecule has 0 spiro atoms. The standard InChI is InChI=1S/C8H8Cl5F3O/c9-2-3(10)5(12)7(6(13)4(2)11)17-1-8(14,15)16/h2-7H,1H2/t2?,3-,4-,5+,6+,7?/m1/s1. The largest absolute Gasteiger partial charge is 0.411 e. The molecule has 17 heavy (non-hydrogen) atoms. The van der Waals surface area contributed by atoms with Crippen molar-refractivity contribution < 1.29 is 17.9 Å². The summed E-state index contributed by atoms with van der Waals surface area (Å²) >= 11 is 29.3. The van der Waals surface area contributed by atoms with Crippen molar-refractivity contribution in [1.29, 1.82) is 0 Å². The van der Waals surface area contributed by atoms with Crippen LogP contribution >= 0.6 is 58.0 Å². The lowest BCUT2D eigenvalue weighted by Gasteiger charge is -2.40. The van der Waals surface area contributed by atoms with Crippen LogP contribution in [0.1, 0.15) is 0 Å². The van der Waals surface area contributed by atoms with Gasteiger partial charge in [0.15, 0.2) is 0 Å². The normalized spacial score (nSPS) is 43.8. The average molecular weight is 354 g/mol. The zero-order chi connectivity index (χ0) is 13.4. The molecule has 0 aromatic rings. The van der Waals surface area contributed by atoms with Crippen molar-refractivity contribution in [3.05, 3.63) is 0 Å². The Morgan fingerprint density at radius 1 is 0.765 bits per heavy atom. The first-order valence-corrected chi connectivity index (χ1v) is 6.72. The first-order chi connectivity index (χ1) is 7.65. The van der Waals surface area contributed by atoms with Gasteiger partial charge in [0, 0.05) is 0 Å². The van der Waals surface area contributed by atoms with Crippen LogP contribution in [0.15, 0.2) is 0 Å². The molecule has 1 saturated carbocycles. The van der Waals surface area contributed by atoms with Gasteiger partial charge in [0.25, 0.3) is 0 Å². The summed E-state index contributed by atoms with van der Waals surface area (Å²) in [7, 11) is 0. The highest BCUT2D eigenvalue weighted by atomic mass is 35.5. The van der Waals surface area contributed by atoms with Crippen LogP contribution in [0.2, 0.25) is 0 Å². The Hall–Kier alpha value is 1.20. The molecule has 0 bridgehead atoms. The van der Waals surface area contributed by atoms with Gasteiger partial charge < -0.3 is 4.74 Å². The second kappa shape index (κ2) is 6.10. The maximum absolute atomic E-state index is 12.0. The third kappa shape index (κ3) is 4.08. The molecule has 0 amide bonds. The van der Waals surface area contributed by atoms with Crippen LogP contribution in [0.3, 0.4) is 0 Å². The summed E-state index contributed by atoms with van der Waals surface area (Å²) in [5.41, 5.74) is 0. The van der Waals surface area contributed by atoms with Gasteiger partial charge in [-0.1, -0.05) is 0 Å². The van der Waals surface area contributed by atoms with E-state index in [9.17, 15) is 13.2 Å². The van der Waals surface area contributed by atoms with Gasteiger partial charge in [-0.15, -0.1) is 58.0 Å². The minimum absolute atomic E-state index is 0.728. The maximum Gasteiger partial charge on any atom is 0.411 e. The maximum atomic E-state index is 12.0. The summed E-state index contributed by atoms with van der Waals surface area (Å²) in [5, 5.41) is -4.21. The van der Waals surface area contributed by atoms with Gasteiger partial charge >= 0.3 is 6.18 Å². The minimum Gasteiger partial charge on any atom is -0.366 e. The molecule has 1 rings (SSSR count). The molecule has 0 unspecified atom stereocenters. The van der Waals surface area contributed by atoms with Crippen LogP contribution in [0.4, 0.5) is 13.2 Å². The molecule has 4 atom stereocenters. The molecule has 1 aliphatic rings. The molecule has 1 fully saturated rings. The highest BCUT2D eigenvalue weighted by Gasteiger charge is 2.49. The highest BCUT2D eigenvalue weighted by Crippen LogP contribution is 2.39. The molecule has 0 saturated heterocycles. The monoisotopic (exact) mass is 352 g/mol. The van der Waals surface area contributed by atoms with E-state index < -0.39 is 45.8 Å². The van der Waals surface area contributed by atoms with E-state index in [0.29, 0.717) is 0 Å². The van der Waals surface area contributed by atoms with Crippen molar-refractivity contribution >= 4 is 58.0 Å². The lowest BCUT2D eigenvalue weighted by atomic mass is 9.95. The zero-order valence-electron chi connectivity index (χ0n) is 8.10. The molecule has 9 heteroatoms. The summed E-state index contributed by atoms with van der Waals surface area (Å²) in [6.45, 7) is -1.45. The van der Waals surface area contributed by atoms with Crippen LogP contribution in [0.25, 0.3) is 0 Å². The van der Waals surface area contributed by atoms with E-state index in [-0.39, 0.29) is 0 Å². The Morgan fingerprint density at radius 2 is 1.12 bits per heavy atom. The van der Waals surface area contributed by atoms with Crippen molar-refractivity contribution in [2.24, 2.45) is 0 Å². The number of hydrogen-bond acceptors (Lipinski definition) is 1.